The van der Waals surface area contributed by atoms with E-state index in [9.17, 15) is 4.79 Å². The minimum absolute atomic E-state index is 0.0753. The molecule has 1 saturated heterocycles. The number of nitrogens with one attached hydrogen (secondary N) is 3. The molecule has 2 rings (SSSR count). The van der Waals surface area contributed by atoms with Crippen molar-refractivity contribution in [3.05, 3.63) is 35.4 Å². The van der Waals surface area contributed by atoms with E-state index in [2.05, 4.69) is 28.3 Å². The molecule has 1 aliphatic heterocycles. The molecule has 98 valence electrons. The molecule has 0 atom stereocenters. The topological polar surface area (TPSA) is 53.2 Å². The van der Waals surface area contributed by atoms with Gasteiger partial charge in [0.05, 0.1) is 0 Å². The third kappa shape index (κ3) is 3.31. The molecule has 0 spiro atoms. The average Bonchev–Trinajstić information content (AvgIpc) is 2.46. The maximum absolute atomic E-state index is 11.7. The first-order valence-corrected chi connectivity index (χ1v) is 6.65. The monoisotopic (exact) mass is 247 g/mol. The first-order valence-electron chi connectivity index (χ1n) is 6.65. The van der Waals surface area contributed by atoms with Gasteiger partial charge in [-0.3, -0.25) is 10.2 Å². The second-order valence-corrected chi connectivity index (χ2v) is 4.63. The minimum Gasteiger partial charge on any atom is -0.317 e. The normalized spacial score (nSPS) is 16.5. The molecule has 1 fully saturated rings. The van der Waals surface area contributed by atoms with Crippen LogP contribution >= 0.6 is 0 Å². The average molecular weight is 247 g/mol. The Balaban J connectivity index is 1.98. The Labute approximate surface area is 108 Å². The molecule has 1 heterocycles. The predicted molar refractivity (Wildman–Crippen MR) is 72.4 cm³/mol. The van der Waals surface area contributed by atoms with Gasteiger partial charge in [0.25, 0.3) is 5.91 Å². The summed E-state index contributed by atoms with van der Waals surface area (Å²) in [5.41, 5.74) is 7.51. The Morgan fingerprint density at radius 3 is 2.56 bits per heavy atom. The molecule has 0 saturated carbocycles. The maximum atomic E-state index is 11.7. The van der Waals surface area contributed by atoms with Crippen LogP contribution in [0.1, 0.15) is 41.6 Å². The maximum Gasteiger partial charge on any atom is 0.265 e. The molecule has 4 nitrogen and oxygen atoms in total. The van der Waals surface area contributed by atoms with Gasteiger partial charge in [-0.1, -0.05) is 19.1 Å². The summed E-state index contributed by atoms with van der Waals surface area (Å²) in [7, 11) is 0. The molecule has 0 aromatic heterocycles. The van der Waals surface area contributed by atoms with Crippen molar-refractivity contribution in [3.8, 4) is 0 Å². The summed E-state index contributed by atoms with van der Waals surface area (Å²) in [6.45, 7) is 4.85. The van der Waals surface area contributed by atoms with Crippen molar-refractivity contribution >= 4 is 5.91 Å². The van der Waals surface area contributed by atoms with Crippen molar-refractivity contribution in [1.82, 2.24) is 16.2 Å². The number of amides is 1. The first kappa shape index (κ1) is 13.1. The van der Waals surface area contributed by atoms with Gasteiger partial charge in [-0.15, -0.1) is 0 Å². The second kappa shape index (κ2) is 6.52. The molecule has 0 aliphatic carbocycles. The highest BCUT2D eigenvalue weighted by Crippen LogP contribution is 2.25. The zero-order valence-electron chi connectivity index (χ0n) is 10.8. The quantitative estimate of drug-likeness (QED) is 0.705. The molecule has 4 heteroatoms. The molecule has 0 radical (unpaired) electrons. The van der Waals surface area contributed by atoms with Gasteiger partial charge in [-0.25, -0.2) is 5.43 Å². The Bertz CT molecular complexity index is 383. The zero-order chi connectivity index (χ0) is 12.8. The van der Waals surface area contributed by atoms with Gasteiger partial charge in [0, 0.05) is 12.1 Å². The van der Waals surface area contributed by atoms with Crippen LogP contribution in [0.25, 0.3) is 0 Å². The van der Waals surface area contributed by atoms with Crippen LogP contribution in [0.5, 0.6) is 0 Å². The van der Waals surface area contributed by atoms with Gasteiger partial charge < -0.3 is 5.32 Å². The summed E-state index contributed by atoms with van der Waals surface area (Å²) < 4.78 is 0. The fourth-order valence-electron chi connectivity index (χ4n) is 2.30. The number of hydrogen-bond donors (Lipinski definition) is 3. The first-order chi connectivity index (χ1) is 8.81. The summed E-state index contributed by atoms with van der Waals surface area (Å²) >= 11 is 0. The minimum atomic E-state index is -0.0753. The van der Waals surface area contributed by atoms with Crippen LogP contribution in [0.15, 0.2) is 24.3 Å². The van der Waals surface area contributed by atoms with Crippen molar-refractivity contribution in [1.29, 1.82) is 0 Å². The second-order valence-electron chi connectivity index (χ2n) is 4.63. The Kier molecular flexibility index (Phi) is 4.73. The predicted octanol–water partition coefficient (Wildman–Crippen LogP) is 1.41. The largest absolute Gasteiger partial charge is 0.317 e. The van der Waals surface area contributed by atoms with E-state index in [-0.39, 0.29) is 5.91 Å². The summed E-state index contributed by atoms with van der Waals surface area (Å²) in [6, 6.07) is 7.97. The Morgan fingerprint density at radius 2 is 1.94 bits per heavy atom. The zero-order valence-corrected chi connectivity index (χ0v) is 10.8. The molecular formula is C14H21N3O. The van der Waals surface area contributed by atoms with Crippen molar-refractivity contribution in [3.63, 3.8) is 0 Å². The van der Waals surface area contributed by atoms with Crippen molar-refractivity contribution < 1.29 is 4.79 Å². The number of hydrogen-bond acceptors (Lipinski definition) is 3. The highest BCUT2D eigenvalue weighted by Gasteiger charge is 2.15. The van der Waals surface area contributed by atoms with Gasteiger partial charge in [0.1, 0.15) is 0 Å². The van der Waals surface area contributed by atoms with E-state index in [4.69, 9.17) is 0 Å². The highest BCUT2D eigenvalue weighted by atomic mass is 16.2. The lowest BCUT2D eigenvalue weighted by atomic mass is 9.90. The van der Waals surface area contributed by atoms with Gasteiger partial charge in [0.15, 0.2) is 0 Å². The number of benzene rings is 1. The summed E-state index contributed by atoms with van der Waals surface area (Å²) in [6.07, 6.45) is 2.37. The highest BCUT2D eigenvalue weighted by molar-refractivity contribution is 5.93. The van der Waals surface area contributed by atoms with Crippen molar-refractivity contribution in [2.24, 2.45) is 0 Å². The third-order valence-electron chi connectivity index (χ3n) is 3.36. The van der Waals surface area contributed by atoms with Gasteiger partial charge >= 0.3 is 0 Å². The lowest BCUT2D eigenvalue weighted by molar-refractivity contribution is 0.0934. The van der Waals surface area contributed by atoms with Crippen LogP contribution in [-0.2, 0) is 0 Å². The van der Waals surface area contributed by atoms with Gasteiger partial charge in [-0.2, -0.15) is 0 Å². The van der Waals surface area contributed by atoms with Crippen molar-refractivity contribution in [2.75, 3.05) is 19.6 Å². The SMILES string of the molecule is CCNNC(=O)c1ccc(C2CCNCC2)cc1. The van der Waals surface area contributed by atoms with Crippen LogP contribution in [0.2, 0.25) is 0 Å². The molecule has 18 heavy (non-hydrogen) atoms. The fraction of sp³-hybridized carbons (Fsp3) is 0.500. The third-order valence-corrected chi connectivity index (χ3v) is 3.36. The van der Waals surface area contributed by atoms with E-state index in [0.717, 1.165) is 19.6 Å². The van der Waals surface area contributed by atoms with E-state index in [0.29, 0.717) is 11.5 Å². The number of piperidine rings is 1. The van der Waals surface area contributed by atoms with Crippen molar-refractivity contribution in [2.45, 2.75) is 25.7 Å². The van der Waals surface area contributed by atoms with Crippen LogP contribution < -0.4 is 16.2 Å². The van der Waals surface area contributed by atoms with Crippen LogP contribution in [0.4, 0.5) is 0 Å². The van der Waals surface area contributed by atoms with Crippen LogP contribution in [0, 0.1) is 0 Å². The number of carbonyl (C=O) groups excluding carboxylic acids is 1. The van der Waals surface area contributed by atoms with E-state index < -0.39 is 0 Å². The summed E-state index contributed by atoms with van der Waals surface area (Å²) in [4.78, 5) is 11.7. The van der Waals surface area contributed by atoms with E-state index in [1.54, 1.807) is 0 Å². The smallest absolute Gasteiger partial charge is 0.265 e. The molecule has 0 bridgehead atoms. The Hall–Kier alpha value is -1.39. The lowest BCUT2D eigenvalue weighted by Crippen LogP contribution is -2.37. The molecule has 1 amide bonds. The van der Waals surface area contributed by atoms with Gasteiger partial charge in [0.2, 0.25) is 0 Å². The van der Waals surface area contributed by atoms with E-state index >= 15 is 0 Å². The summed E-state index contributed by atoms with van der Waals surface area (Å²) in [5.74, 6) is 0.561. The number of rotatable bonds is 4. The van der Waals surface area contributed by atoms with E-state index in [1.807, 2.05) is 19.1 Å². The summed E-state index contributed by atoms with van der Waals surface area (Å²) in [5, 5.41) is 3.36. The Morgan fingerprint density at radius 1 is 1.28 bits per heavy atom. The van der Waals surface area contributed by atoms with Crippen LogP contribution in [0.3, 0.4) is 0 Å². The molecule has 3 N–H and O–H groups in total. The molecular weight excluding hydrogens is 226 g/mol. The van der Waals surface area contributed by atoms with Crippen LogP contribution in [-0.4, -0.2) is 25.5 Å². The molecule has 1 aliphatic rings. The number of hydrazine groups is 1. The fourth-order valence-corrected chi connectivity index (χ4v) is 2.30. The number of carbonyl (C=O) groups is 1. The van der Waals surface area contributed by atoms with E-state index in [1.165, 1.54) is 18.4 Å². The van der Waals surface area contributed by atoms with Gasteiger partial charge in [-0.05, 0) is 49.5 Å². The molecule has 1 aromatic rings. The molecule has 1 aromatic carbocycles. The standard InChI is InChI=1S/C14H21N3O/c1-2-16-17-14(18)13-5-3-11(4-6-13)12-7-9-15-10-8-12/h3-6,12,15-16H,2,7-10H2,1H3,(H,17,18). The molecule has 0 unspecified atom stereocenters. The lowest BCUT2D eigenvalue weighted by Gasteiger charge is -2.23.